The summed E-state index contributed by atoms with van der Waals surface area (Å²) in [7, 11) is -2.93. The van der Waals surface area contributed by atoms with Crippen molar-refractivity contribution in [2.24, 2.45) is 5.92 Å². The Bertz CT molecular complexity index is 1130. The van der Waals surface area contributed by atoms with Gasteiger partial charge in [-0.05, 0) is 49.2 Å². The highest BCUT2D eigenvalue weighted by atomic mass is 35.5. The summed E-state index contributed by atoms with van der Waals surface area (Å²) in [5, 5.41) is 1.89. The molecule has 1 aliphatic heterocycles. The van der Waals surface area contributed by atoms with Gasteiger partial charge >= 0.3 is 6.18 Å². The number of hydrogen-bond donors (Lipinski definition) is 1. The first-order valence-corrected chi connectivity index (χ1v) is 11.3. The van der Waals surface area contributed by atoms with E-state index in [1.54, 1.807) is 0 Å². The van der Waals surface area contributed by atoms with E-state index >= 15 is 0 Å². The summed E-state index contributed by atoms with van der Waals surface area (Å²) in [6.45, 7) is -0.113. The summed E-state index contributed by atoms with van der Waals surface area (Å²) < 4.78 is 85.0. The second-order valence-electron chi connectivity index (χ2n) is 7.18. The number of benzene rings is 2. The summed E-state index contributed by atoms with van der Waals surface area (Å²) >= 11 is 5.59. The number of alkyl halides is 3. The average Bonchev–Trinajstić information content (AvgIpc) is 2.74. The molecule has 1 aliphatic rings. The third kappa shape index (κ3) is 5.16. The zero-order chi connectivity index (χ0) is 23.7. The number of amides is 1. The number of nitrogens with zero attached hydrogens (tertiary/aromatic N) is 1. The molecule has 0 radical (unpaired) electrons. The molecule has 0 spiro atoms. The molecule has 1 fully saturated rings. The van der Waals surface area contributed by atoms with Gasteiger partial charge < -0.3 is 10.1 Å². The molecule has 1 N–H and O–H groups in total. The summed E-state index contributed by atoms with van der Waals surface area (Å²) in [5.74, 6) is -2.26. The monoisotopic (exact) mass is 494 g/mol. The van der Waals surface area contributed by atoms with Gasteiger partial charge in [-0.25, -0.2) is 12.8 Å². The molecule has 1 saturated heterocycles. The van der Waals surface area contributed by atoms with Crippen LogP contribution in [0.25, 0.3) is 0 Å². The van der Waals surface area contributed by atoms with Gasteiger partial charge in [0, 0.05) is 18.8 Å². The lowest BCUT2D eigenvalue weighted by Crippen LogP contribution is -2.43. The number of rotatable bonds is 5. The van der Waals surface area contributed by atoms with Crippen LogP contribution < -0.4 is 10.1 Å². The minimum Gasteiger partial charge on any atom is -0.495 e. The maximum Gasteiger partial charge on any atom is 0.417 e. The van der Waals surface area contributed by atoms with Crippen molar-refractivity contribution >= 4 is 33.2 Å². The number of carbonyl (C=O) groups excluding carboxylic acids is 1. The van der Waals surface area contributed by atoms with Crippen LogP contribution in [0, 0.1) is 11.7 Å². The first kappa shape index (κ1) is 24.3. The Morgan fingerprint density at radius 3 is 2.59 bits per heavy atom. The second-order valence-corrected chi connectivity index (χ2v) is 9.49. The van der Waals surface area contributed by atoms with Crippen molar-refractivity contribution in [2.75, 3.05) is 25.5 Å². The van der Waals surface area contributed by atoms with E-state index in [-0.39, 0.29) is 29.4 Å². The van der Waals surface area contributed by atoms with Crippen LogP contribution in [-0.2, 0) is 21.0 Å². The highest BCUT2D eigenvalue weighted by molar-refractivity contribution is 7.89. The molecular weight excluding hydrogens is 476 g/mol. The molecule has 1 amide bonds. The highest BCUT2D eigenvalue weighted by Gasteiger charge is 2.36. The minimum atomic E-state index is -4.70. The fraction of sp³-hybridized carbons (Fsp3) is 0.350. The maximum absolute atomic E-state index is 13.7. The number of piperidine rings is 1. The molecular formula is C20H19ClF4N2O4S. The molecule has 0 unspecified atom stereocenters. The molecule has 3 rings (SSSR count). The van der Waals surface area contributed by atoms with Gasteiger partial charge in [-0.2, -0.15) is 17.5 Å². The van der Waals surface area contributed by atoms with Crippen molar-refractivity contribution in [2.45, 2.75) is 23.9 Å². The quantitative estimate of drug-likeness (QED) is 0.619. The molecule has 0 saturated carbocycles. The number of carbonyl (C=O) groups is 1. The van der Waals surface area contributed by atoms with Crippen LogP contribution >= 0.6 is 11.6 Å². The minimum absolute atomic E-state index is 0.0428. The fourth-order valence-electron chi connectivity index (χ4n) is 3.43. The molecule has 1 heterocycles. The van der Waals surface area contributed by atoms with Gasteiger partial charge in [0.05, 0.1) is 23.6 Å². The molecule has 1 atom stereocenters. The third-order valence-corrected chi connectivity index (χ3v) is 7.25. The van der Waals surface area contributed by atoms with Crippen LogP contribution in [0.3, 0.4) is 0 Å². The van der Waals surface area contributed by atoms with Crippen molar-refractivity contribution in [1.29, 1.82) is 0 Å². The highest BCUT2D eigenvalue weighted by Crippen LogP contribution is 2.36. The van der Waals surface area contributed by atoms with Crippen LogP contribution in [0.2, 0.25) is 5.02 Å². The van der Waals surface area contributed by atoms with Crippen LogP contribution in [0.4, 0.5) is 23.2 Å². The molecule has 6 nitrogen and oxygen atoms in total. The van der Waals surface area contributed by atoms with Crippen molar-refractivity contribution in [3.8, 4) is 5.75 Å². The number of nitrogens with one attached hydrogen (secondary N) is 1. The Morgan fingerprint density at radius 1 is 1.22 bits per heavy atom. The molecule has 12 heteroatoms. The van der Waals surface area contributed by atoms with Gasteiger partial charge in [0.1, 0.15) is 16.5 Å². The Kier molecular flexibility index (Phi) is 7.01. The van der Waals surface area contributed by atoms with Crippen molar-refractivity contribution < 1.29 is 35.5 Å². The lowest BCUT2D eigenvalue weighted by Gasteiger charge is -2.31. The SMILES string of the molecule is COc1ccc(F)cc1S(=O)(=O)N1CCC[C@H](C(=O)Nc2ccc(Cl)c(C(F)(F)F)c2)C1. The third-order valence-electron chi connectivity index (χ3n) is 5.04. The zero-order valence-corrected chi connectivity index (χ0v) is 18.3. The van der Waals surface area contributed by atoms with Crippen LogP contribution in [-0.4, -0.2) is 38.8 Å². The predicted molar refractivity (Wildman–Crippen MR) is 110 cm³/mol. The number of hydrogen-bond acceptors (Lipinski definition) is 4. The van der Waals surface area contributed by atoms with Crippen LogP contribution in [0.15, 0.2) is 41.3 Å². The van der Waals surface area contributed by atoms with Crippen LogP contribution in [0.5, 0.6) is 5.75 Å². The lowest BCUT2D eigenvalue weighted by atomic mass is 9.98. The zero-order valence-electron chi connectivity index (χ0n) is 16.7. The van der Waals surface area contributed by atoms with E-state index in [1.165, 1.54) is 19.2 Å². The predicted octanol–water partition coefficient (Wildman–Crippen LogP) is 4.55. The van der Waals surface area contributed by atoms with Gasteiger partial charge in [0.25, 0.3) is 0 Å². The smallest absolute Gasteiger partial charge is 0.417 e. The molecule has 2 aromatic rings. The Balaban J connectivity index is 1.79. The second kappa shape index (κ2) is 9.24. The maximum atomic E-state index is 13.7. The Labute approximate surface area is 187 Å². The molecule has 0 aromatic heterocycles. The van der Waals surface area contributed by atoms with Gasteiger partial charge in [-0.3, -0.25) is 4.79 Å². The normalized spacial score (nSPS) is 17.8. The van der Waals surface area contributed by atoms with E-state index in [9.17, 15) is 30.8 Å². The van der Waals surface area contributed by atoms with Crippen LogP contribution in [0.1, 0.15) is 18.4 Å². The molecule has 0 aliphatic carbocycles. The van der Waals surface area contributed by atoms with Gasteiger partial charge in [-0.1, -0.05) is 11.6 Å². The summed E-state index contributed by atoms with van der Waals surface area (Å²) in [4.78, 5) is 12.3. The summed E-state index contributed by atoms with van der Waals surface area (Å²) in [6, 6.07) is 6.05. The topological polar surface area (TPSA) is 75.7 Å². The van der Waals surface area contributed by atoms with Crippen molar-refractivity contribution in [3.05, 3.63) is 52.8 Å². The van der Waals surface area contributed by atoms with E-state index in [1.807, 2.05) is 0 Å². The Hall–Kier alpha value is -2.37. The van der Waals surface area contributed by atoms with Crippen molar-refractivity contribution in [1.82, 2.24) is 4.31 Å². The first-order chi connectivity index (χ1) is 14.9. The van der Waals surface area contributed by atoms with Crippen molar-refractivity contribution in [3.63, 3.8) is 0 Å². The molecule has 0 bridgehead atoms. The fourth-order valence-corrected chi connectivity index (χ4v) is 5.35. The largest absolute Gasteiger partial charge is 0.495 e. The number of anilines is 1. The van der Waals surface area contributed by atoms with Gasteiger partial charge in [-0.15, -0.1) is 0 Å². The number of halogens is 5. The van der Waals surface area contributed by atoms with E-state index in [0.717, 1.165) is 28.6 Å². The average molecular weight is 495 g/mol. The number of ether oxygens (including phenoxy) is 1. The van der Waals surface area contributed by atoms with Gasteiger partial charge in [0.15, 0.2) is 0 Å². The summed E-state index contributed by atoms with van der Waals surface area (Å²) in [6.07, 6.45) is -4.03. The van der Waals surface area contributed by atoms with E-state index in [0.29, 0.717) is 12.8 Å². The number of methoxy groups -OCH3 is 1. The van der Waals surface area contributed by atoms with E-state index in [4.69, 9.17) is 16.3 Å². The molecule has 32 heavy (non-hydrogen) atoms. The summed E-state index contributed by atoms with van der Waals surface area (Å²) in [5.41, 5.74) is -1.21. The lowest BCUT2D eigenvalue weighted by molar-refractivity contribution is -0.137. The Morgan fingerprint density at radius 2 is 1.94 bits per heavy atom. The molecule has 174 valence electrons. The molecule has 2 aromatic carbocycles. The van der Waals surface area contributed by atoms with E-state index in [2.05, 4.69) is 5.32 Å². The van der Waals surface area contributed by atoms with Gasteiger partial charge in [0.2, 0.25) is 15.9 Å². The standard InChI is InChI=1S/C20H19ClF4N2O4S/c1-31-17-7-4-13(22)9-18(17)32(29,30)27-8-2-3-12(11-27)19(28)26-14-5-6-16(21)15(10-14)20(23,24)25/h4-7,9-10,12H,2-3,8,11H2,1H3,(H,26,28)/t12-/m0/s1. The number of sulfonamides is 1. The first-order valence-electron chi connectivity index (χ1n) is 9.45. The van der Waals surface area contributed by atoms with E-state index < -0.39 is 44.4 Å².